The number of halogens is 3. The van der Waals surface area contributed by atoms with E-state index in [1.54, 1.807) is 30.3 Å². The Kier molecular flexibility index (Phi) is 8.83. The Balaban J connectivity index is 1.43. The van der Waals surface area contributed by atoms with Gasteiger partial charge in [0.15, 0.2) is 0 Å². The van der Waals surface area contributed by atoms with E-state index < -0.39 is 29.6 Å². The number of carbonyl (C=O) groups is 4. The molecule has 12 heteroatoms. The molecular formula is C26H19Cl3N2O6S. The van der Waals surface area contributed by atoms with Crippen molar-refractivity contribution in [3.63, 3.8) is 0 Å². The van der Waals surface area contributed by atoms with Crippen molar-refractivity contribution in [1.29, 1.82) is 0 Å². The van der Waals surface area contributed by atoms with E-state index in [9.17, 15) is 19.2 Å². The highest BCUT2D eigenvalue weighted by Crippen LogP contribution is 2.36. The number of ether oxygens (including phenoxy) is 1. The topological polar surface area (TPSA) is 106 Å². The number of amides is 3. The molecule has 0 spiro atoms. The van der Waals surface area contributed by atoms with Crippen molar-refractivity contribution >= 4 is 81.4 Å². The fourth-order valence-corrected chi connectivity index (χ4v) is 4.82. The first-order valence-electron chi connectivity index (χ1n) is 11.2. The predicted molar refractivity (Wildman–Crippen MR) is 147 cm³/mol. The number of benzene rings is 2. The molecule has 0 atom stereocenters. The summed E-state index contributed by atoms with van der Waals surface area (Å²) in [5.74, 6) is -1.16. The van der Waals surface area contributed by atoms with E-state index in [1.807, 2.05) is 6.92 Å². The number of rotatable bonds is 8. The van der Waals surface area contributed by atoms with E-state index in [1.165, 1.54) is 24.3 Å². The lowest BCUT2D eigenvalue weighted by molar-refractivity contribution is -0.127. The molecule has 0 aliphatic carbocycles. The highest BCUT2D eigenvalue weighted by atomic mass is 35.5. The van der Waals surface area contributed by atoms with Crippen LogP contribution in [-0.2, 0) is 14.3 Å². The summed E-state index contributed by atoms with van der Waals surface area (Å²) in [7, 11) is 0. The Morgan fingerprint density at radius 3 is 2.63 bits per heavy atom. The largest absolute Gasteiger partial charge is 0.462 e. The smallest absolute Gasteiger partial charge is 0.339 e. The molecule has 1 fully saturated rings. The Labute approximate surface area is 236 Å². The number of imide groups is 1. The average Bonchev–Trinajstić information content (AvgIpc) is 3.45. The second-order valence-corrected chi connectivity index (χ2v) is 10.1. The average molecular weight is 594 g/mol. The lowest BCUT2D eigenvalue weighted by Gasteiger charge is -2.13. The first-order valence-corrected chi connectivity index (χ1v) is 13.2. The minimum atomic E-state index is -0.645. The molecule has 8 nitrogen and oxygen atoms in total. The number of hydrogen-bond acceptors (Lipinski definition) is 7. The van der Waals surface area contributed by atoms with Gasteiger partial charge in [-0.2, -0.15) is 0 Å². The lowest BCUT2D eigenvalue weighted by atomic mass is 10.2. The molecule has 1 aromatic heterocycles. The van der Waals surface area contributed by atoms with Gasteiger partial charge in [0.1, 0.15) is 18.1 Å². The maximum absolute atomic E-state index is 12.8. The summed E-state index contributed by atoms with van der Waals surface area (Å²) in [6.07, 6.45) is 2.06. The van der Waals surface area contributed by atoms with Crippen molar-refractivity contribution in [3.05, 3.63) is 79.8 Å². The third-order valence-electron chi connectivity index (χ3n) is 5.20. The molecule has 1 aliphatic heterocycles. The summed E-state index contributed by atoms with van der Waals surface area (Å²) >= 11 is 19.1. The quantitative estimate of drug-likeness (QED) is 0.218. The van der Waals surface area contributed by atoms with Gasteiger partial charge in [-0.25, -0.2) is 4.79 Å². The molecule has 0 radical (unpaired) electrons. The van der Waals surface area contributed by atoms with Gasteiger partial charge in [0.2, 0.25) is 5.91 Å². The zero-order valence-corrected chi connectivity index (χ0v) is 22.8. The van der Waals surface area contributed by atoms with Gasteiger partial charge in [-0.1, -0.05) is 47.8 Å². The van der Waals surface area contributed by atoms with Gasteiger partial charge in [0, 0.05) is 17.3 Å². The van der Waals surface area contributed by atoms with Crippen molar-refractivity contribution in [2.75, 3.05) is 18.5 Å². The number of hydrogen-bond donors (Lipinski definition) is 1. The van der Waals surface area contributed by atoms with Crippen LogP contribution in [0.3, 0.4) is 0 Å². The molecule has 3 amide bonds. The summed E-state index contributed by atoms with van der Waals surface area (Å²) in [6, 6.07) is 12.7. The van der Waals surface area contributed by atoms with E-state index in [0.29, 0.717) is 45.3 Å². The van der Waals surface area contributed by atoms with Crippen LogP contribution < -0.4 is 5.32 Å². The van der Waals surface area contributed by atoms with E-state index in [0.717, 1.165) is 4.90 Å². The first kappa shape index (κ1) is 27.8. The molecule has 0 unspecified atom stereocenters. The molecule has 38 heavy (non-hydrogen) atoms. The first-order chi connectivity index (χ1) is 18.2. The van der Waals surface area contributed by atoms with Gasteiger partial charge in [-0.05, 0) is 60.6 Å². The molecule has 4 rings (SSSR count). The lowest BCUT2D eigenvalue weighted by Crippen LogP contribution is -2.36. The van der Waals surface area contributed by atoms with Crippen LogP contribution in [0.15, 0.2) is 57.9 Å². The number of carbonyl (C=O) groups excluding carboxylic acids is 4. The maximum Gasteiger partial charge on any atom is 0.339 e. The molecule has 0 saturated carbocycles. The minimum absolute atomic E-state index is 0.0869. The van der Waals surface area contributed by atoms with Crippen LogP contribution in [0.4, 0.5) is 10.5 Å². The second-order valence-electron chi connectivity index (χ2n) is 7.95. The predicted octanol–water partition coefficient (Wildman–Crippen LogP) is 7.15. The summed E-state index contributed by atoms with van der Waals surface area (Å²) in [5, 5.41) is 2.81. The van der Waals surface area contributed by atoms with Crippen LogP contribution in [0.5, 0.6) is 0 Å². The number of nitrogens with one attached hydrogen (secondary N) is 1. The summed E-state index contributed by atoms with van der Waals surface area (Å²) in [6.45, 7) is 1.56. The Hall–Kier alpha value is -3.24. The third-order valence-corrected chi connectivity index (χ3v) is 7.26. The van der Waals surface area contributed by atoms with Crippen LogP contribution in [0, 0.1) is 0 Å². The van der Waals surface area contributed by atoms with Gasteiger partial charge in [-0.15, -0.1) is 0 Å². The molecular weight excluding hydrogens is 575 g/mol. The number of thioether (sulfide) groups is 1. The Morgan fingerprint density at radius 2 is 1.87 bits per heavy atom. The molecule has 2 heterocycles. The molecule has 1 N–H and O–H groups in total. The molecule has 1 saturated heterocycles. The van der Waals surface area contributed by atoms with E-state index >= 15 is 0 Å². The van der Waals surface area contributed by atoms with Crippen LogP contribution in [0.2, 0.25) is 15.1 Å². The molecule has 2 aromatic carbocycles. The fourth-order valence-electron chi connectivity index (χ4n) is 3.41. The summed E-state index contributed by atoms with van der Waals surface area (Å²) in [5.41, 5.74) is 0.921. The zero-order valence-electron chi connectivity index (χ0n) is 19.8. The number of anilines is 1. The van der Waals surface area contributed by atoms with Crippen molar-refractivity contribution in [3.8, 4) is 11.3 Å². The fraction of sp³-hybridized carbons (Fsp3) is 0.154. The number of furan rings is 1. The highest BCUT2D eigenvalue weighted by molar-refractivity contribution is 8.18. The number of nitrogens with zero attached hydrogens (tertiary/aromatic N) is 1. The molecule has 196 valence electrons. The maximum atomic E-state index is 12.8. The molecule has 0 bridgehead atoms. The second kappa shape index (κ2) is 12.1. The van der Waals surface area contributed by atoms with Crippen LogP contribution in [0.1, 0.15) is 29.5 Å². The van der Waals surface area contributed by atoms with Crippen molar-refractivity contribution < 1.29 is 28.3 Å². The normalized spacial score (nSPS) is 14.3. The minimum Gasteiger partial charge on any atom is -0.462 e. The van der Waals surface area contributed by atoms with E-state index in [-0.39, 0.29) is 27.8 Å². The zero-order chi connectivity index (χ0) is 27.4. The van der Waals surface area contributed by atoms with Crippen molar-refractivity contribution in [2.45, 2.75) is 13.3 Å². The van der Waals surface area contributed by atoms with Crippen LogP contribution in [0.25, 0.3) is 17.4 Å². The molecule has 3 aromatic rings. The molecule has 1 aliphatic rings. The SMILES string of the molecule is CCCOC(=O)c1cc(NC(=O)CN2C(=O)S/C(=C/c3ccc(-c4cccc(Cl)c4Cl)o3)C2=O)ccc1Cl. The monoisotopic (exact) mass is 592 g/mol. The van der Waals surface area contributed by atoms with Gasteiger partial charge in [0.25, 0.3) is 11.1 Å². The van der Waals surface area contributed by atoms with Gasteiger partial charge in [0.05, 0.1) is 32.1 Å². The van der Waals surface area contributed by atoms with Gasteiger partial charge in [-0.3, -0.25) is 19.3 Å². The Bertz CT molecular complexity index is 1470. The number of esters is 1. The Morgan fingerprint density at radius 1 is 1.08 bits per heavy atom. The van der Waals surface area contributed by atoms with E-state index in [4.69, 9.17) is 44.0 Å². The third kappa shape index (κ3) is 6.24. The van der Waals surface area contributed by atoms with Crippen LogP contribution in [-0.4, -0.2) is 41.1 Å². The summed E-state index contributed by atoms with van der Waals surface area (Å²) < 4.78 is 10.9. The van der Waals surface area contributed by atoms with Gasteiger partial charge >= 0.3 is 5.97 Å². The van der Waals surface area contributed by atoms with Crippen molar-refractivity contribution in [2.24, 2.45) is 0 Å². The standard InChI is InChI=1S/C26H19Cl3N2O6S/c1-2-10-36-25(34)17-11-14(6-8-18(17)27)30-22(32)13-31-24(33)21(38-26(31)35)12-15-7-9-20(37-15)16-4-3-5-19(28)23(16)29/h3-9,11-12H,2,10,13H2,1H3,(H,30,32)/b21-12+. The van der Waals surface area contributed by atoms with E-state index in [2.05, 4.69) is 5.32 Å². The van der Waals surface area contributed by atoms with Gasteiger partial charge < -0.3 is 14.5 Å². The summed E-state index contributed by atoms with van der Waals surface area (Å²) in [4.78, 5) is 51.0. The van der Waals surface area contributed by atoms with Crippen molar-refractivity contribution in [1.82, 2.24) is 4.90 Å². The van der Waals surface area contributed by atoms with Crippen LogP contribution >= 0.6 is 46.6 Å². The highest BCUT2D eigenvalue weighted by Gasteiger charge is 2.36.